The van der Waals surface area contributed by atoms with Crippen LogP contribution in [0.15, 0.2) is 24.5 Å². The van der Waals surface area contributed by atoms with Crippen LogP contribution in [0.25, 0.3) is 0 Å². The van der Waals surface area contributed by atoms with Gasteiger partial charge in [-0.2, -0.15) is 5.10 Å². The molecule has 1 aliphatic heterocycles. The number of amides is 1. The van der Waals surface area contributed by atoms with E-state index in [9.17, 15) is 4.79 Å². The van der Waals surface area contributed by atoms with Gasteiger partial charge in [-0.1, -0.05) is 6.07 Å². The topological polar surface area (TPSA) is 82.4 Å². The van der Waals surface area contributed by atoms with E-state index in [2.05, 4.69) is 15.1 Å². The molecule has 1 saturated carbocycles. The highest BCUT2D eigenvalue weighted by molar-refractivity contribution is 5.79. The van der Waals surface area contributed by atoms with Gasteiger partial charge in [0.05, 0.1) is 19.2 Å². The van der Waals surface area contributed by atoms with Gasteiger partial charge in [-0.3, -0.25) is 9.78 Å². The highest BCUT2D eigenvalue weighted by atomic mass is 16.5. The van der Waals surface area contributed by atoms with Gasteiger partial charge in [0, 0.05) is 25.0 Å². The third-order valence-electron chi connectivity index (χ3n) is 4.94. The number of carbonyl (C=O) groups excluding carboxylic acids is 1. The fourth-order valence-electron chi connectivity index (χ4n) is 3.66. The second kappa shape index (κ2) is 7.74. The molecule has 3 heterocycles. The molecular weight excluding hydrogens is 346 g/mol. The van der Waals surface area contributed by atoms with Gasteiger partial charge in [0.15, 0.2) is 5.82 Å². The zero-order valence-corrected chi connectivity index (χ0v) is 15.7. The predicted octanol–water partition coefficient (Wildman–Crippen LogP) is 1.82. The normalized spacial score (nSPS) is 23.0. The number of morpholine rings is 1. The molecule has 0 N–H and O–H groups in total. The lowest BCUT2D eigenvalue weighted by Crippen LogP contribution is -2.47. The molecule has 0 unspecified atom stereocenters. The van der Waals surface area contributed by atoms with Crippen molar-refractivity contribution in [3.63, 3.8) is 0 Å². The van der Waals surface area contributed by atoms with E-state index in [1.807, 2.05) is 41.8 Å². The molecule has 1 aliphatic carbocycles. The lowest BCUT2D eigenvalue weighted by molar-refractivity contribution is -0.160. The summed E-state index contributed by atoms with van der Waals surface area (Å²) in [6.45, 7) is 5.71. The van der Waals surface area contributed by atoms with Crippen molar-refractivity contribution in [3.05, 3.63) is 41.7 Å². The molecule has 144 valence electrons. The molecular formula is C19H25N5O3. The van der Waals surface area contributed by atoms with Crippen LogP contribution in [0.2, 0.25) is 0 Å². The molecule has 1 saturated heterocycles. The molecule has 0 spiro atoms. The number of hydrogen-bond donors (Lipinski definition) is 0. The number of carbonyl (C=O) groups is 1. The van der Waals surface area contributed by atoms with Gasteiger partial charge >= 0.3 is 0 Å². The van der Waals surface area contributed by atoms with Gasteiger partial charge in [-0.05, 0) is 38.3 Å². The Hall–Kier alpha value is -2.32. The fraction of sp³-hybridized carbons (Fsp3) is 0.579. The van der Waals surface area contributed by atoms with Crippen LogP contribution in [0, 0.1) is 6.92 Å². The number of aryl methyl sites for hydroxylation is 1. The summed E-state index contributed by atoms with van der Waals surface area (Å²) in [7, 11) is 0. The van der Waals surface area contributed by atoms with Crippen LogP contribution in [0.1, 0.15) is 49.1 Å². The van der Waals surface area contributed by atoms with Crippen molar-refractivity contribution in [2.75, 3.05) is 19.8 Å². The Morgan fingerprint density at radius 3 is 2.93 bits per heavy atom. The molecule has 4 rings (SSSR count). The molecule has 8 heteroatoms. The third-order valence-corrected chi connectivity index (χ3v) is 4.94. The minimum Gasteiger partial charge on any atom is -0.380 e. The van der Waals surface area contributed by atoms with Crippen LogP contribution in [-0.2, 0) is 20.8 Å². The first-order valence-electron chi connectivity index (χ1n) is 9.50. The summed E-state index contributed by atoms with van der Waals surface area (Å²) in [4.78, 5) is 23.5. The van der Waals surface area contributed by atoms with Gasteiger partial charge in [0.2, 0.25) is 5.91 Å². The minimum absolute atomic E-state index is 0.0275. The zero-order chi connectivity index (χ0) is 18.8. The van der Waals surface area contributed by atoms with Crippen LogP contribution >= 0.6 is 0 Å². The molecule has 0 bridgehead atoms. The fourth-order valence-corrected chi connectivity index (χ4v) is 3.66. The Morgan fingerprint density at radius 2 is 2.22 bits per heavy atom. The van der Waals surface area contributed by atoms with E-state index < -0.39 is 0 Å². The zero-order valence-electron chi connectivity index (χ0n) is 15.7. The van der Waals surface area contributed by atoms with E-state index in [-0.39, 0.29) is 30.7 Å². The molecule has 2 fully saturated rings. The second-order valence-electron chi connectivity index (χ2n) is 6.93. The molecule has 27 heavy (non-hydrogen) atoms. The number of rotatable bonds is 7. The number of nitrogens with zero attached hydrogens (tertiary/aromatic N) is 5. The Bertz CT molecular complexity index is 790. The first-order valence-corrected chi connectivity index (χ1v) is 9.50. The molecule has 8 nitrogen and oxygen atoms in total. The quantitative estimate of drug-likeness (QED) is 0.691. The molecule has 0 aromatic carbocycles. The molecule has 0 radical (unpaired) electrons. The van der Waals surface area contributed by atoms with Crippen molar-refractivity contribution in [1.82, 2.24) is 24.6 Å². The smallest absolute Gasteiger partial charge is 0.249 e. The Labute approximate surface area is 158 Å². The maximum absolute atomic E-state index is 12.7. The van der Waals surface area contributed by atoms with Gasteiger partial charge in [-0.15, -0.1) is 0 Å². The van der Waals surface area contributed by atoms with Crippen molar-refractivity contribution in [2.45, 2.75) is 51.4 Å². The predicted molar refractivity (Wildman–Crippen MR) is 96.8 cm³/mol. The highest BCUT2D eigenvalue weighted by Gasteiger charge is 2.47. The van der Waals surface area contributed by atoms with E-state index >= 15 is 0 Å². The number of aromatic nitrogens is 4. The summed E-state index contributed by atoms with van der Waals surface area (Å²) in [6.07, 6.45) is 5.23. The molecule has 2 atom stereocenters. The maximum atomic E-state index is 12.7. The summed E-state index contributed by atoms with van der Waals surface area (Å²) >= 11 is 0. The Kier molecular flexibility index (Phi) is 5.18. The SMILES string of the molecule is CCOCCn1nc(C)nc1[C@H]1OCC(=O)N(C2CC2)[C@@H]1c1cccnc1. The van der Waals surface area contributed by atoms with Crippen LogP contribution < -0.4 is 0 Å². The summed E-state index contributed by atoms with van der Waals surface area (Å²) in [5, 5.41) is 4.52. The first kappa shape index (κ1) is 18.1. The van der Waals surface area contributed by atoms with E-state index in [0.717, 1.165) is 24.2 Å². The lowest BCUT2D eigenvalue weighted by atomic mass is 9.98. The van der Waals surface area contributed by atoms with E-state index in [0.29, 0.717) is 25.6 Å². The third kappa shape index (κ3) is 3.72. The summed E-state index contributed by atoms with van der Waals surface area (Å²) in [5.41, 5.74) is 0.958. The minimum atomic E-state index is -0.379. The molecule has 2 aliphatic rings. The monoisotopic (exact) mass is 371 g/mol. The Morgan fingerprint density at radius 1 is 1.37 bits per heavy atom. The second-order valence-corrected chi connectivity index (χ2v) is 6.93. The summed E-state index contributed by atoms with van der Waals surface area (Å²) < 4.78 is 13.4. The summed E-state index contributed by atoms with van der Waals surface area (Å²) in [6, 6.07) is 3.91. The number of hydrogen-bond acceptors (Lipinski definition) is 6. The largest absolute Gasteiger partial charge is 0.380 e. The average Bonchev–Trinajstić information content (AvgIpc) is 3.45. The average molecular weight is 371 g/mol. The van der Waals surface area contributed by atoms with E-state index in [1.54, 1.807) is 6.20 Å². The Balaban J connectivity index is 1.71. The van der Waals surface area contributed by atoms with Gasteiger partial charge in [0.1, 0.15) is 18.5 Å². The van der Waals surface area contributed by atoms with Crippen molar-refractivity contribution in [1.29, 1.82) is 0 Å². The first-order chi connectivity index (χ1) is 13.2. The van der Waals surface area contributed by atoms with Crippen LogP contribution in [0.3, 0.4) is 0 Å². The molecule has 2 aromatic rings. The standard InChI is InChI=1S/C19H25N5O3/c1-3-26-10-9-23-19(21-13(2)22-23)18-17(14-5-4-8-20-11-14)24(15-6-7-15)16(25)12-27-18/h4-5,8,11,15,17-18H,3,6-7,9-10,12H2,1-2H3/t17-,18+/m1/s1. The van der Waals surface area contributed by atoms with Crippen LogP contribution in [0.5, 0.6) is 0 Å². The van der Waals surface area contributed by atoms with Gasteiger partial charge in [0.25, 0.3) is 0 Å². The van der Waals surface area contributed by atoms with Crippen LogP contribution in [0.4, 0.5) is 0 Å². The molecule has 2 aromatic heterocycles. The van der Waals surface area contributed by atoms with Crippen LogP contribution in [-0.4, -0.2) is 56.4 Å². The number of ether oxygens (including phenoxy) is 2. The number of pyridine rings is 1. The molecule has 1 amide bonds. The van der Waals surface area contributed by atoms with Gasteiger partial charge in [-0.25, -0.2) is 9.67 Å². The van der Waals surface area contributed by atoms with Crippen molar-refractivity contribution >= 4 is 5.91 Å². The van der Waals surface area contributed by atoms with Crippen molar-refractivity contribution in [3.8, 4) is 0 Å². The summed E-state index contributed by atoms with van der Waals surface area (Å²) in [5.74, 6) is 1.45. The van der Waals surface area contributed by atoms with E-state index in [1.165, 1.54) is 0 Å². The lowest BCUT2D eigenvalue weighted by Gasteiger charge is -2.41. The van der Waals surface area contributed by atoms with Gasteiger partial charge < -0.3 is 14.4 Å². The van der Waals surface area contributed by atoms with Crippen molar-refractivity contribution < 1.29 is 14.3 Å². The van der Waals surface area contributed by atoms with E-state index in [4.69, 9.17) is 9.47 Å². The van der Waals surface area contributed by atoms with Crippen molar-refractivity contribution in [2.24, 2.45) is 0 Å². The maximum Gasteiger partial charge on any atom is 0.249 e. The highest BCUT2D eigenvalue weighted by Crippen LogP contribution is 2.44.